The van der Waals surface area contributed by atoms with Crippen molar-refractivity contribution in [3.05, 3.63) is 47.9 Å². The van der Waals surface area contributed by atoms with Crippen molar-refractivity contribution in [2.45, 2.75) is 26.7 Å². The molecule has 3 nitrogen and oxygen atoms in total. The number of H-pyrrole nitrogens is 1. The number of fused-ring (bicyclic) bond motifs is 1. The molecule has 0 saturated heterocycles. The fourth-order valence-corrected chi connectivity index (χ4v) is 2.46. The summed E-state index contributed by atoms with van der Waals surface area (Å²) in [7, 11) is 0. The highest BCUT2D eigenvalue weighted by Crippen LogP contribution is 2.33. The standard InChI is InChI=1S/C17H18FN3/c1-10(2)11(3)14-9-12(18)6-7-13(14)16-20-15-5-4-8-19-17(15)21-16/h4-11H,1-3H3,(H,19,20,21). The molecule has 0 bridgehead atoms. The number of nitrogens with one attached hydrogen (secondary N) is 1. The van der Waals surface area contributed by atoms with Gasteiger partial charge in [-0.25, -0.2) is 14.4 Å². The summed E-state index contributed by atoms with van der Waals surface area (Å²) in [5, 5.41) is 0. The van der Waals surface area contributed by atoms with Crippen LogP contribution in [0.5, 0.6) is 0 Å². The Morgan fingerprint density at radius 1 is 1.14 bits per heavy atom. The van der Waals surface area contributed by atoms with Crippen LogP contribution in [0.1, 0.15) is 32.3 Å². The Labute approximate surface area is 123 Å². The van der Waals surface area contributed by atoms with E-state index in [0.29, 0.717) is 5.92 Å². The fourth-order valence-electron chi connectivity index (χ4n) is 2.46. The van der Waals surface area contributed by atoms with Gasteiger partial charge in [-0.3, -0.25) is 0 Å². The number of benzene rings is 1. The van der Waals surface area contributed by atoms with Crippen LogP contribution in [-0.4, -0.2) is 15.0 Å². The van der Waals surface area contributed by atoms with Gasteiger partial charge >= 0.3 is 0 Å². The van der Waals surface area contributed by atoms with Crippen LogP contribution in [-0.2, 0) is 0 Å². The van der Waals surface area contributed by atoms with Crippen LogP contribution in [0.4, 0.5) is 4.39 Å². The van der Waals surface area contributed by atoms with E-state index in [4.69, 9.17) is 0 Å². The van der Waals surface area contributed by atoms with E-state index in [1.165, 1.54) is 6.07 Å². The molecule has 3 aromatic rings. The monoisotopic (exact) mass is 283 g/mol. The number of aromatic amines is 1. The minimum atomic E-state index is -0.213. The molecule has 0 radical (unpaired) electrons. The van der Waals surface area contributed by atoms with E-state index >= 15 is 0 Å². The Hall–Kier alpha value is -2.23. The predicted octanol–water partition coefficient (Wildman–Crippen LogP) is 4.52. The average Bonchev–Trinajstić information content (AvgIpc) is 2.89. The smallest absolute Gasteiger partial charge is 0.157 e. The van der Waals surface area contributed by atoms with E-state index in [1.807, 2.05) is 12.1 Å². The summed E-state index contributed by atoms with van der Waals surface area (Å²) >= 11 is 0. The number of hydrogen-bond acceptors (Lipinski definition) is 2. The van der Waals surface area contributed by atoms with E-state index < -0.39 is 0 Å². The highest BCUT2D eigenvalue weighted by molar-refractivity contribution is 5.76. The molecule has 2 heterocycles. The Balaban J connectivity index is 2.17. The lowest BCUT2D eigenvalue weighted by atomic mass is 9.87. The van der Waals surface area contributed by atoms with Crippen molar-refractivity contribution in [1.29, 1.82) is 0 Å². The van der Waals surface area contributed by atoms with Crippen molar-refractivity contribution in [3.63, 3.8) is 0 Å². The van der Waals surface area contributed by atoms with Gasteiger partial charge in [-0.05, 0) is 47.7 Å². The van der Waals surface area contributed by atoms with Gasteiger partial charge in [0.05, 0.1) is 0 Å². The molecule has 1 unspecified atom stereocenters. The van der Waals surface area contributed by atoms with Gasteiger partial charge in [-0.2, -0.15) is 0 Å². The first-order valence-electron chi connectivity index (χ1n) is 7.17. The van der Waals surface area contributed by atoms with Gasteiger partial charge in [0.15, 0.2) is 5.65 Å². The predicted molar refractivity (Wildman–Crippen MR) is 82.5 cm³/mol. The summed E-state index contributed by atoms with van der Waals surface area (Å²) in [4.78, 5) is 12.1. The minimum absolute atomic E-state index is 0.213. The molecule has 108 valence electrons. The van der Waals surface area contributed by atoms with Crippen molar-refractivity contribution >= 4 is 11.2 Å². The Morgan fingerprint density at radius 2 is 1.95 bits per heavy atom. The van der Waals surface area contributed by atoms with E-state index in [2.05, 4.69) is 35.7 Å². The van der Waals surface area contributed by atoms with Gasteiger partial charge in [-0.1, -0.05) is 20.8 Å². The molecule has 1 atom stereocenters. The number of aromatic nitrogens is 3. The number of nitrogens with zero attached hydrogens (tertiary/aromatic N) is 2. The number of rotatable bonds is 3. The van der Waals surface area contributed by atoms with Crippen molar-refractivity contribution in [3.8, 4) is 11.4 Å². The van der Waals surface area contributed by atoms with Crippen LogP contribution in [0.3, 0.4) is 0 Å². The lowest BCUT2D eigenvalue weighted by molar-refractivity contribution is 0.530. The zero-order valence-electron chi connectivity index (χ0n) is 12.4. The summed E-state index contributed by atoms with van der Waals surface area (Å²) in [5.41, 5.74) is 3.49. The lowest BCUT2D eigenvalue weighted by Crippen LogP contribution is -2.05. The maximum Gasteiger partial charge on any atom is 0.157 e. The SMILES string of the molecule is CC(C)C(C)c1cc(F)ccc1-c1nc2cccnc2[nH]1. The molecule has 1 aromatic carbocycles. The number of halogens is 1. The van der Waals surface area contributed by atoms with Crippen molar-refractivity contribution < 1.29 is 4.39 Å². The summed E-state index contributed by atoms with van der Waals surface area (Å²) < 4.78 is 13.6. The first kappa shape index (κ1) is 13.7. The summed E-state index contributed by atoms with van der Waals surface area (Å²) in [6.07, 6.45) is 1.73. The maximum atomic E-state index is 13.6. The Morgan fingerprint density at radius 3 is 2.67 bits per heavy atom. The van der Waals surface area contributed by atoms with Crippen LogP contribution in [0, 0.1) is 11.7 Å². The van der Waals surface area contributed by atoms with Crippen molar-refractivity contribution in [2.75, 3.05) is 0 Å². The highest BCUT2D eigenvalue weighted by atomic mass is 19.1. The molecule has 0 spiro atoms. The zero-order chi connectivity index (χ0) is 15.0. The Bertz CT molecular complexity index is 744. The van der Waals surface area contributed by atoms with E-state index in [1.54, 1.807) is 18.3 Å². The molecule has 0 fully saturated rings. The molecule has 0 aliphatic rings. The molecule has 3 rings (SSSR count). The molecule has 0 aliphatic heterocycles. The molecule has 4 heteroatoms. The second-order valence-electron chi connectivity index (χ2n) is 5.72. The lowest BCUT2D eigenvalue weighted by Gasteiger charge is -2.19. The van der Waals surface area contributed by atoms with E-state index in [-0.39, 0.29) is 11.7 Å². The normalized spacial score (nSPS) is 13.0. The quantitative estimate of drug-likeness (QED) is 0.767. The third kappa shape index (κ3) is 2.53. The first-order valence-corrected chi connectivity index (χ1v) is 7.17. The molecule has 1 N–H and O–H groups in total. The van der Waals surface area contributed by atoms with Crippen molar-refractivity contribution in [1.82, 2.24) is 15.0 Å². The topological polar surface area (TPSA) is 41.6 Å². The molecule has 2 aromatic heterocycles. The summed E-state index contributed by atoms with van der Waals surface area (Å²) in [6.45, 7) is 6.39. The summed E-state index contributed by atoms with van der Waals surface area (Å²) in [6, 6.07) is 8.65. The maximum absolute atomic E-state index is 13.6. The number of hydrogen-bond donors (Lipinski definition) is 1. The highest BCUT2D eigenvalue weighted by Gasteiger charge is 2.18. The fraction of sp³-hybridized carbons (Fsp3) is 0.294. The molecule has 0 saturated carbocycles. The summed E-state index contributed by atoms with van der Waals surface area (Å²) in [5.74, 6) is 1.20. The molecule has 21 heavy (non-hydrogen) atoms. The van der Waals surface area contributed by atoms with Gasteiger partial charge in [0.2, 0.25) is 0 Å². The molecule has 0 amide bonds. The second kappa shape index (κ2) is 5.28. The second-order valence-corrected chi connectivity index (χ2v) is 5.72. The van der Waals surface area contributed by atoms with Gasteiger partial charge in [0.1, 0.15) is 17.2 Å². The van der Waals surface area contributed by atoms with Crippen LogP contribution < -0.4 is 0 Å². The average molecular weight is 283 g/mol. The van der Waals surface area contributed by atoms with Gasteiger partial charge in [-0.15, -0.1) is 0 Å². The third-order valence-electron chi connectivity index (χ3n) is 4.01. The van der Waals surface area contributed by atoms with E-state index in [9.17, 15) is 4.39 Å². The third-order valence-corrected chi connectivity index (χ3v) is 4.01. The number of pyridine rings is 1. The molecular weight excluding hydrogens is 265 g/mol. The zero-order valence-corrected chi connectivity index (χ0v) is 12.4. The van der Waals surface area contributed by atoms with Gasteiger partial charge < -0.3 is 4.98 Å². The van der Waals surface area contributed by atoms with Crippen LogP contribution >= 0.6 is 0 Å². The van der Waals surface area contributed by atoms with Gasteiger partial charge in [0.25, 0.3) is 0 Å². The molecule has 0 aliphatic carbocycles. The number of imidazole rings is 1. The van der Waals surface area contributed by atoms with Crippen LogP contribution in [0.15, 0.2) is 36.5 Å². The van der Waals surface area contributed by atoms with E-state index in [0.717, 1.165) is 28.1 Å². The largest absolute Gasteiger partial charge is 0.323 e. The Kier molecular flexibility index (Phi) is 3.45. The first-order chi connectivity index (χ1) is 10.1. The minimum Gasteiger partial charge on any atom is -0.323 e. The molecular formula is C17H18FN3. The van der Waals surface area contributed by atoms with Crippen molar-refractivity contribution in [2.24, 2.45) is 5.92 Å². The van der Waals surface area contributed by atoms with Crippen LogP contribution in [0.2, 0.25) is 0 Å². The van der Waals surface area contributed by atoms with Crippen LogP contribution in [0.25, 0.3) is 22.6 Å². The van der Waals surface area contributed by atoms with Gasteiger partial charge in [0, 0.05) is 11.8 Å².